The van der Waals surface area contributed by atoms with Gasteiger partial charge in [-0.25, -0.2) is 0 Å². The first kappa shape index (κ1) is 18.7. The summed E-state index contributed by atoms with van der Waals surface area (Å²) < 4.78 is 5.95. The molecule has 1 aliphatic heterocycles. The van der Waals surface area contributed by atoms with Crippen LogP contribution in [0, 0.1) is 28.1 Å². The van der Waals surface area contributed by atoms with Gasteiger partial charge in [0.1, 0.15) is 18.5 Å². The molecule has 1 aromatic carbocycles. The molecule has 6 atom stereocenters. The number of piperidine rings is 1. The highest BCUT2D eigenvalue weighted by atomic mass is 16.5. The minimum Gasteiger partial charge on any atom is -0.491 e. The molecule has 4 saturated carbocycles. The summed E-state index contributed by atoms with van der Waals surface area (Å²) >= 11 is 0. The lowest BCUT2D eigenvalue weighted by Crippen LogP contribution is -2.94. The zero-order valence-corrected chi connectivity index (χ0v) is 18.4. The topological polar surface area (TPSA) is 32.7 Å². The summed E-state index contributed by atoms with van der Waals surface area (Å²) in [4.78, 5) is 2.38. The highest BCUT2D eigenvalue weighted by molar-refractivity contribution is 5.53. The molecule has 3 nitrogen and oxygen atoms in total. The first-order chi connectivity index (χ1) is 13.8. The van der Waals surface area contributed by atoms with Crippen LogP contribution in [0.5, 0.6) is 5.75 Å². The molecule has 0 aromatic heterocycles. The fourth-order valence-corrected chi connectivity index (χ4v) is 9.85. The van der Waals surface area contributed by atoms with Crippen LogP contribution in [0.15, 0.2) is 24.3 Å². The second-order valence-corrected chi connectivity index (χ2v) is 11.9. The lowest BCUT2D eigenvalue weighted by Gasteiger charge is -2.99. The molecule has 1 heterocycles. The Labute approximate surface area is 175 Å². The van der Waals surface area contributed by atoms with Crippen LogP contribution in [0.4, 0.5) is 0 Å². The molecule has 5 unspecified atom stereocenters. The van der Waals surface area contributed by atoms with Crippen LogP contribution < -0.4 is 4.74 Å². The molecule has 0 amide bonds. The summed E-state index contributed by atoms with van der Waals surface area (Å²) in [7, 11) is 0. The van der Waals surface area contributed by atoms with Crippen molar-refractivity contribution in [2.75, 3.05) is 26.2 Å². The van der Waals surface area contributed by atoms with Crippen LogP contribution >= 0.6 is 0 Å². The van der Waals surface area contributed by atoms with Gasteiger partial charge in [0.05, 0.1) is 0 Å². The molecule has 5 aliphatic rings. The quantitative estimate of drug-likeness (QED) is 0.762. The van der Waals surface area contributed by atoms with E-state index < -0.39 is 6.10 Å². The van der Waals surface area contributed by atoms with E-state index in [4.69, 9.17) is 4.74 Å². The third kappa shape index (κ3) is 2.12. The lowest BCUT2D eigenvalue weighted by atomic mass is 9.04. The third-order valence-electron chi connectivity index (χ3n) is 10.2. The number of aliphatic hydroxyl groups is 1. The number of nitrogens with zero attached hydrogens (tertiary/aromatic N) is 1. The Hall–Kier alpha value is -1.06. The van der Waals surface area contributed by atoms with Gasteiger partial charge in [0.2, 0.25) is 0 Å². The van der Waals surface area contributed by atoms with Crippen molar-refractivity contribution in [1.29, 1.82) is 0 Å². The zero-order chi connectivity index (χ0) is 20.1. The van der Waals surface area contributed by atoms with Crippen LogP contribution in [0.1, 0.15) is 64.9 Å². The predicted octanol–water partition coefficient (Wildman–Crippen LogP) is 4.63. The maximum absolute atomic E-state index is 10.4. The van der Waals surface area contributed by atoms with Gasteiger partial charge in [-0.2, -0.15) is 0 Å². The third-order valence-corrected chi connectivity index (χ3v) is 10.2. The van der Waals surface area contributed by atoms with Crippen LogP contribution in [0.3, 0.4) is 0 Å². The van der Waals surface area contributed by atoms with E-state index >= 15 is 0 Å². The molecule has 1 N–H and O–H groups in total. The summed E-state index contributed by atoms with van der Waals surface area (Å²) in [6.45, 7) is 10.8. The van der Waals surface area contributed by atoms with Crippen molar-refractivity contribution < 1.29 is 9.84 Å². The van der Waals surface area contributed by atoms with Crippen LogP contribution in [-0.4, -0.2) is 42.4 Å². The summed E-state index contributed by atoms with van der Waals surface area (Å²) in [5.41, 5.74) is 3.87. The van der Waals surface area contributed by atoms with E-state index in [9.17, 15) is 5.11 Å². The monoisotopic (exact) mass is 395 g/mol. The highest BCUT2D eigenvalue weighted by Gasteiger charge is 2.96. The molecule has 29 heavy (non-hydrogen) atoms. The van der Waals surface area contributed by atoms with Crippen molar-refractivity contribution >= 4 is 0 Å². The van der Waals surface area contributed by atoms with E-state index in [2.05, 4.69) is 49.9 Å². The molecule has 158 valence electrons. The van der Waals surface area contributed by atoms with Crippen molar-refractivity contribution in [2.24, 2.45) is 28.1 Å². The maximum atomic E-state index is 10.4. The van der Waals surface area contributed by atoms with Crippen LogP contribution in [0.25, 0.3) is 0 Å². The number of aliphatic hydroxyl groups excluding tert-OH is 1. The smallest absolute Gasteiger partial charge is 0.119 e. The fourth-order valence-electron chi connectivity index (χ4n) is 9.85. The minimum absolute atomic E-state index is 0.388. The molecule has 6 rings (SSSR count). The number of hydrogen-bond acceptors (Lipinski definition) is 3. The zero-order valence-electron chi connectivity index (χ0n) is 18.4. The van der Waals surface area contributed by atoms with E-state index in [1.807, 2.05) is 0 Å². The Morgan fingerprint density at radius 1 is 1.07 bits per heavy atom. The summed E-state index contributed by atoms with van der Waals surface area (Å²) in [5.74, 6) is 2.72. The number of likely N-dealkylation sites (tertiary alicyclic amines) is 1. The summed E-state index contributed by atoms with van der Waals surface area (Å²) in [5, 5.41) is 10.4. The maximum Gasteiger partial charge on any atom is 0.119 e. The van der Waals surface area contributed by atoms with Crippen molar-refractivity contribution in [3.8, 4) is 5.75 Å². The Kier molecular flexibility index (Phi) is 3.73. The Morgan fingerprint density at radius 2 is 1.79 bits per heavy atom. The van der Waals surface area contributed by atoms with E-state index in [0.717, 1.165) is 37.2 Å². The normalized spacial score (nSPS) is 46.3. The Balaban J connectivity index is 1.07. The molecule has 1 spiro atoms. The molecule has 5 fully saturated rings. The number of ether oxygens (including phenoxy) is 1. The molecule has 3 heteroatoms. The van der Waals surface area contributed by atoms with Crippen molar-refractivity contribution in [3.63, 3.8) is 0 Å². The first-order valence-electron chi connectivity index (χ1n) is 12.0. The standard InChI is InChI=1S/C26H37NO2/c1-18-8-10-27(11-9-18)14-21(28)15-29-22-6-4-19(5-7-22)25-13-20-12-23(2)16-24(3,17-25)26(20,23)25/h4-7,18,20-21,28H,8-17H2,1-3H3/t20?,21-,23?,24?,25?,26?/m0/s1. The van der Waals surface area contributed by atoms with Crippen molar-refractivity contribution in [2.45, 2.75) is 70.8 Å². The average molecular weight is 396 g/mol. The van der Waals surface area contributed by atoms with Gasteiger partial charge >= 0.3 is 0 Å². The van der Waals surface area contributed by atoms with Gasteiger partial charge in [0, 0.05) is 12.0 Å². The number of benzene rings is 1. The van der Waals surface area contributed by atoms with Crippen LogP contribution in [-0.2, 0) is 5.41 Å². The van der Waals surface area contributed by atoms with Gasteiger partial charge in [0.15, 0.2) is 0 Å². The molecular formula is C26H37NO2. The minimum atomic E-state index is -0.411. The fraction of sp³-hybridized carbons (Fsp3) is 0.769. The molecule has 1 saturated heterocycles. The predicted molar refractivity (Wildman–Crippen MR) is 115 cm³/mol. The Morgan fingerprint density at radius 3 is 2.41 bits per heavy atom. The first-order valence-corrected chi connectivity index (χ1v) is 12.0. The highest BCUT2D eigenvalue weighted by Crippen LogP contribution is 3.01. The van der Waals surface area contributed by atoms with Crippen LogP contribution in [0.2, 0.25) is 0 Å². The molecule has 4 aliphatic carbocycles. The van der Waals surface area contributed by atoms with Gasteiger partial charge in [-0.1, -0.05) is 32.9 Å². The van der Waals surface area contributed by atoms with E-state index in [1.165, 1.54) is 38.5 Å². The van der Waals surface area contributed by atoms with E-state index in [1.54, 1.807) is 5.56 Å². The van der Waals surface area contributed by atoms with Gasteiger partial charge in [-0.05, 0) is 97.4 Å². The van der Waals surface area contributed by atoms with E-state index in [0.29, 0.717) is 28.3 Å². The van der Waals surface area contributed by atoms with Gasteiger partial charge in [0.25, 0.3) is 0 Å². The SMILES string of the molecule is CC1CCN(C[C@H](O)COc2ccc(C34CC5CC6(C)CC(C)(C3)C564)cc2)CC1. The van der Waals surface area contributed by atoms with Gasteiger partial charge < -0.3 is 14.7 Å². The number of rotatable bonds is 6. The number of hydrogen-bond donors (Lipinski definition) is 1. The second-order valence-electron chi connectivity index (χ2n) is 11.9. The van der Waals surface area contributed by atoms with Crippen molar-refractivity contribution in [3.05, 3.63) is 29.8 Å². The summed E-state index contributed by atoms with van der Waals surface area (Å²) in [6, 6.07) is 8.95. The molecule has 0 bridgehead atoms. The summed E-state index contributed by atoms with van der Waals surface area (Å²) in [6.07, 6.45) is 7.80. The van der Waals surface area contributed by atoms with Crippen molar-refractivity contribution in [1.82, 2.24) is 4.90 Å². The van der Waals surface area contributed by atoms with E-state index in [-0.39, 0.29) is 0 Å². The average Bonchev–Trinajstić information content (AvgIpc) is 2.65. The lowest BCUT2D eigenvalue weighted by molar-refractivity contribution is -0.484. The van der Waals surface area contributed by atoms with Gasteiger partial charge in [-0.3, -0.25) is 0 Å². The molecular weight excluding hydrogens is 358 g/mol. The largest absolute Gasteiger partial charge is 0.491 e. The molecule has 0 radical (unpaired) electrons. The van der Waals surface area contributed by atoms with Gasteiger partial charge in [-0.15, -0.1) is 0 Å². The Bertz CT molecular complexity index is 805. The second kappa shape index (κ2) is 5.79. The molecule has 1 aromatic rings. The number of β-amino-alcohol motifs (C(OH)–C–C–N with tert-alkyl or cyclic N) is 1.